The molecule has 154 valence electrons. The van der Waals surface area contributed by atoms with E-state index in [2.05, 4.69) is 24.0 Å². The molecule has 0 aromatic heterocycles. The molecule has 4 rings (SSSR count). The smallest absolute Gasteiger partial charge is 0.335 e. The van der Waals surface area contributed by atoms with Crippen LogP contribution in [0.15, 0.2) is 48.5 Å². The SMILES string of the molecule is CCOC1CC2CCC(c3ccc(C(=O)O)cc3)(C1)N2Cc1ccc(OC)cc1. The average molecular weight is 395 g/mol. The highest BCUT2D eigenvalue weighted by molar-refractivity contribution is 5.87. The molecule has 29 heavy (non-hydrogen) atoms. The van der Waals surface area contributed by atoms with Crippen molar-refractivity contribution in [3.63, 3.8) is 0 Å². The molecular formula is C24H29NO4. The summed E-state index contributed by atoms with van der Waals surface area (Å²) in [5, 5.41) is 9.28. The van der Waals surface area contributed by atoms with E-state index in [0.717, 1.165) is 44.6 Å². The van der Waals surface area contributed by atoms with Gasteiger partial charge in [0.1, 0.15) is 5.75 Å². The van der Waals surface area contributed by atoms with Crippen LogP contribution in [-0.4, -0.2) is 41.8 Å². The molecule has 2 aliphatic rings. The molecule has 0 radical (unpaired) electrons. The second kappa shape index (κ2) is 8.17. The largest absolute Gasteiger partial charge is 0.497 e. The van der Waals surface area contributed by atoms with Crippen LogP contribution in [0.4, 0.5) is 0 Å². The molecule has 2 fully saturated rings. The predicted octanol–water partition coefficient (Wildman–Crippen LogP) is 4.45. The Morgan fingerprint density at radius 2 is 1.90 bits per heavy atom. The van der Waals surface area contributed by atoms with E-state index < -0.39 is 5.97 Å². The first-order chi connectivity index (χ1) is 14.1. The summed E-state index contributed by atoms with van der Waals surface area (Å²) in [6.07, 6.45) is 4.46. The van der Waals surface area contributed by atoms with E-state index in [1.807, 2.05) is 24.3 Å². The molecule has 2 aromatic rings. The van der Waals surface area contributed by atoms with Gasteiger partial charge in [-0.15, -0.1) is 0 Å². The second-order valence-electron chi connectivity index (χ2n) is 8.10. The number of aromatic carboxylic acids is 1. The first-order valence-corrected chi connectivity index (χ1v) is 10.4. The molecule has 0 amide bonds. The van der Waals surface area contributed by atoms with Crippen molar-refractivity contribution < 1.29 is 19.4 Å². The maximum Gasteiger partial charge on any atom is 0.335 e. The Kier molecular flexibility index (Phi) is 5.61. The van der Waals surface area contributed by atoms with Crippen molar-refractivity contribution in [1.29, 1.82) is 0 Å². The lowest BCUT2D eigenvalue weighted by Gasteiger charge is -2.48. The topological polar surface area (TPSA) is 59.0 Å². The molecule has 3 unspecified atom stereocenters. The number of rotatable bonds is 7. The van der Waals surface area contributed by atoms with Crippen molar-refractivity contribution in [3.8, 4) is 5.75 Å². The molecule has 2 aromatic carbocycles. The van der Waals surface area contributed by atoms with Gasteiger partial charge in [0.25, 0.3) is 0 Å². The van der Waals surface area contributed by atoms with Crippen LogP contribution in [0.25, 0.3) is 0 Å². The van der Waals surface area contributed by atoms with Gasteiger partial charge >= 0.3 is 5.97 Å². The molecular weight excluding hydrogens is 366 g/mol. The van der Waals surface area contributed by atoms with Crippen molar-refractivity contribution in [2.45, 2.75) is 56.8 Å². The number of nitrogens with zero attached hydrogens (tertiary/aromatic N) is 1. The van der Waals surface area contributed by atoms with E-state index in [1.54, 1.807) is 19.2 Å². The maximum atomic E-state index is 11.3. The number of carboxylic acids is 1. The summed E-state index contributed by atoms with van der Waals surface area (Å²) >= 11 is 0. The number of fused-ring (bicyclic) bond motifs is 2. The van der Waals surface area contributed by atoms with E-state index in [4.69, 9.17) is 9.47 Å². The van der Waals surface area contributed by atoms with Crippen molar-refractivity contribution in [2.24, 2.45) is 0 Å². The highest BCUT2D eigenvalue weighted by Gasteiger charge is 2.52. The van der Waals surface area contributed by atoms with E-state index in [1.165, 1.54) is 11.1 Å². The molecule has 2 bridgehead atoms. The minimum atomic E-state index is -0.885. The van der Waals surface area contributed by atoms with E-state index in [-0.39, 0.29) is 11.6 Å². The lowest BCUT2D eigenvalue weighted by Crippen LogP contribution is -2.52. The number of benzene rings is 2. The summed E-state index contributed by atoms with van der Waals surface area (Å²) in [5.41, 5.74) is 2.68. The fraction of sp³-hybridized carbons (Fsp3) is 0.458. The van der Waals surface area contributed by atoms with E-state index >= 15 is 0 Å². The Bertz CT molecular complexity index is 848. The van der Waals surface area contributed by atoms with Gasteiger partial charge in [0, 0.05) is 24.7 Å². The van der Waals surface area contributed by atoms with Crippen LogP contribution in [0, 0.1) is 0 Å². The molecule has 5 heteroatoms. The van der Waals surface area contributed by atoms with Gasteiger partial charge < -0.3 is 14.6 Å². The number of ether oxygens (including phenoxy) is 2. The van der Waals surface area contributed by atoms with Gasteiger partial charge in [0.2, 0.25) is 0 Å². The van der Waals surface area contributed by atoms with Crippen LogP contribution in [0.5, 0.6) is 5.75 Å². The summed E-state index contributed by atoms with van der Waals surface area (Å²) in [6.45, 7) is 3.65. The van der Waals surface area contributed by atoms with Gasteiger partial charge in [0.05, 0.1) is 18.8 Å². The summed E-state index contributed by atoms with van der Waals surface area (Å²) in [6, 6.07) is 16.2. The van der Waals surface area contributed by atoms with Crippen LogP contribution in [0.3, 0.4) is 0 Å². The van der Waals surface area contributed by atoms with Crippen molar-refractivity contribution in [2.75, 3.05) is 13.7 Å². The zero-order valence-electron chi connectivity index (χ0n) is 17.1. The minimum absolute atomic E-state index is 0.111. The Hall–Kier alpha value is -2.37. The van der Waals surface area contributed by atoms with Crippen molar-refractivity contribution in [1.82, 2.24) is 4.90 Å². The van der Waals surface area contributed by atoms with Gasteiger partial charge in [0.15, 0.2) is 0 Å². The number of hydrogen-bond acceptors (Lipinski definition) is 4. The predicted molar refractivity (Wildman–Crippen MR) is 111 cm³/mol. The fourth-order valence-corrected chi connectivity index (χ4v) is 5.20. The summed E-state index contributed by atoms with van der Waals surface area (Å²) in [5.74, 6) is -0.0185. The number of carboxylic acid groups (broad SMARTS) is 1. The second-order valence-corrected chi connectivity index (χ2v) is 8.10. The van der Waals surface area contributed by atoms with Crippen LogP contribution in [0.2, 0.25) is 0 Å². The average Bonchev–Trinajstić information content (AvgIpc) is 2.94. The normalized spacial score (nSPS) is 26.4. The van der Waals surface area contributed by atoms with Gasteiger partial charge in [-0.25, -0.2) is 4.79 Å². The van der Waals surface area contributed by atoms with E-state index in [0.29, 0.717) is 11.6 Å². The molecule has 2 heterocycles. The van der Waals surface area contributed by atoms with Gasteiger partial charge in [-0.05, 0) is 68.0 Å². The summed E-state index contributed by atoms with van der Waals surface area (Å²) in [7, 11) is 1.68. The lowest BCUT2D eigenvalue weighted by molar-refractivity contribution is -0.0592. The maximum absolute atomic E-state index is 11.3. The third-order valence-electron chi connectivity index (χ3n) is 6.57. The van der Waals surface area contributed by atoms with Crippen LogP contribution in [0.1, 0.15) is 54.1 Å². The highest BCUT2D eigenvalue weighted by atomic mass is 16.5. The standard InChI is InChI=1S/C24H29NO4/c1-3-29-22-14-20-12-13-24(15-22,19-8-6-18(7-9-19)23(26)27)25(20)16-17-4-10-21(28-2)11-5-17/h4-11,20,22H,3,12-16H2,1-2H3,(H,26,27). The molecule has 2 aliphatic heterocycles. The number of hydrogen-bond donors (Lipinski definition) is 1. The first kappa shape index (κ1) is 19.9. The van der Waals surface area contributed by atoms with Gasteiger partial charge in [-0.1, -0.05) is 24.3 Å². The Labute approximate surface area is 172 Å². The summed E-state index contributed by atoms with van der Waals surface area (Å²) in [4.78, 5) is 13.9. The zero-order chi connectivity index (χ0) is 20.4. The molecule has 3 atom stereocenters. The Morgan fingerprint density at radius 1 is 1.17 bits per heavy atom. The third-order valence-corrected chi connectivity index (χ3v) is 6.57. The number of methoxy groups -OCH3 is 1. The Morgan fingerprint density at radius 3 is 2.52 bits per heavy atom. The van der Waals surface area contributed by atoms with Crippen LogP contribution in [-0.2, 0) is 16.8 Å². The summed E-state index contributed by atoms with van der Waals surface area (Å²) < 4.78 is 11.4. The Balaban J connectivity index is 1.67. The monoisotopic (exact) mass is 395 g/mol. The fourth-order valence-electron chi connectivity index (χ4n) is 5.20. The van der Waals surface area contributed by atoms with Gasteiger partial charge in [-0.2, -0.15) is 0 Å². The van der Waals surface area contributed by atoms with Crippen LogP contribution < -0.4 is 4.74 Å². The zero-order valence-corrected chi connectivity index (χ0v) is 17.1. The molecule has 0 saturated carbocycles. The van der Waals surface area contributed by atoms with Gasteiger partial charge in [-0.3, -0.25) is 4.90 Å². The third kappa shape index (κ3) is 3.77. The van der Waals surface area contributed by atoms with Crippen molar-refractivity contribution in [3.05, 3.63) is 65.2 Å². The molecule has 0 spiro atoms. The molecule has 0 aliphatic carbocycles. The quantitative estimate of drug-likeness (QED) is 0.750. The molecule has 1 N–H and O–H groups in total. The number of carbonyl (C=O) groups is 1. The molecule has 2 saturated heterocycles. The lowest BCUT2D eigenvalue weighted by atomic mass is 9.79. The van der Waals surface area contributed by atoms with E-state index in [9.17, 15) is 9.90 Å². The van der Waals surface area contributed by atoms with Crippen molar-refractivity contribution >= 4 is 5.97 Å². The number of piperidine rings is 1. The minimum Gasteiger partial charge on any atom is -0.497 e. The van der Waals surface area contributed by atoms with Crippen LogP contribution >= 0.6 is 0 Å². The first-order valence-electron chi connectivity index (χ1n) is 10.4. The molecule has 5 nitrogen and oxygen atoms in total. The highest BCUT2D eigenvalue weighted by Crippen LogP contribution is 2.52.